The highest BCUT2D eigenvalue weighted by Crippen LogP contribution is 2.68. The van der Waals surface area contributed by atoms with Crippen molar-refractivity contribution in [3.63, 3.8) is 0 Å². The highest BCUT2D eigenvalue weighted by molar-refractivity contribution is 7.76. The Kier molecular flexibility index (Phi) is 3.99. The summed E-state index contributed by atoms with van der Waals surface area (Å²) in [5, 5.41) is 3.16. The first kappa shape index (κ1) is 15.5. The van der Waals surface area contributed by atoms with Crippen LogP contribution in [0.3, 0.4) is 0 Å². The van der Waals surface area contributed by atoms with E-state index in [1.165, 1.54) is 12.0 Å². The van der Waals surface area contributed by atoms with Crippen LogP contribution in [0.2, 0.25) is 0 Å². The molecule has 2 rings (SSSR count). The Labute approximate surface area is 123 Å². The van der Waals surface area contributed by atoms with Gasteiger partial charge in [0, 0.05) is 32.9 Å². The lowest BCUT2D eigenvalue weighted by atomic mass is 9.83. The molecule has 0 atom stereocenters. The molecule has 0 bridgehead atoms. The van der Waals surface area contributed by atoms with Crippen LogP contribution in [0, 0.1) is 20.8 Å². The summed E-state index contributed by atoms with van der Waals surface area (Å²) in [4.78, 5) is 12.9. The van der Waals surface area contributed by atoms with E-state index in [1.807, 2.05) is 0 Å². The summed E-state index contributed by atoms with van der Waals surface area (Å²) in [6.07, 6.45) is 3.30. The summed E-state index contributed by atoms with van der Waals surface area (Å²) in [7, 11) is -1.20. The summed E-state index contributed by atoms with van der Waals surface area (Å²) in [6, 6.07) is 4.28. The minimum atomic E-state index is -1.20. The van der Waals surface area contributed by atoms with Crippen LogP contribution in [0.15, 0.2) is 12.1 Å². The van der Waals surface area contributed by atoms with Crippen molar-refractivity contribution < 1.29 is 4.79 Å². The fourth-order valence-corrected chi connectivity index (χ4v) is 5.64. The van der Waals surface area contributed by atoms with Gasteiger partial charge in [0.05, 0.1) is 0 Å². The normalized spacial score (nSPS) is 17.5. The number of aryl methyl sites for hydroxylation is 3. The first-order chi connectivity index (χ1) is 9.17. The Morgan fingerprint density at radius 1 is 1.10 bits per heavy atom. The van der Waals surface area contributed by atoms with E-state index in [0.717, 1.165) is 29.7 Å². The van der Waals surface area contributed by atoms with Crippen LogP contribution >= 0.6 is 7.26 Å². The van der Waals surface area contributed by atoms with Crippen molar-refractivity contribution in [2.24, 2.45) is 0 Å². The maximum atomic E-state index is 12.9. The Bertz CT molecular complexity index is 515. The summed E-state index contributed by atoms with van der Waals surface area (Å²) >= 11 is 0. The fourth-order valence-electron chi connectivity index (χ4n) is 3.32. The van der Waals surface area contributed by atoms with Crippen LogP contribution in [0.5, 0.6) is 0 Å². The molecule has 110 valence electrons. The van der Waals surface area contributed by atoms with Gasteiger partial charge in [0.2, 0.25) is 0 Å². The van der Waals surface area contributed by atoms with Gasteiger partial charge in [-0.25, -0.2) is 0 Å². The van der Waals surface area contributed by atoms with Crippen LogP contribution in [-0.2, 0) is 4.79 Å². The van der Waals surface area contributed by atoms with E-state index >= 15 is 0 Å². The van der Waals surface area contributed by atoms with Crippen molar-refractivity contribution in [3.05, 3.63) is 28.8 Å². The van der Waals surface area contributed by atoms with E-state index in [4.69, 9.17) is 0 Å². The molecule has 2 nitrogen and oxygen atoms in total. The second-order valence-electron chi connectivity index (χ2n) is 7.13. The van der Waals surface area contributed by atoms with Gasteiger partial charge in [0.15, 0.2) is 5.16 Å². The minimum absolute atomic E-state index is 0.0865. The Morgan fingerprint density at radius 3 is 1.95 bits per heavy atom. The average Bonchev–Trinajstić information content (AvgIpc) is 2.19. The Morgan fingerprint density at radius 2 is 1.60 bits per heavy atom. The van der Waals surface area contributed by atoms with Gasteiger partial charge in [0.1, 0.15) is 0 Å². The summed E-state index contributed by atoms with van der Waals surface area (Å²) in [5.41, 5.74) is 4.59. The van der Waals surface area contributed by atoms with Crippen molar-refractivity contribution in [1.29, 1.82) is 0 Å². The molecule has 1 aromatic carbocycles. The summed E-state index contributed by atoms with van der Waals surface area (Å²) in [5.74, 6) is 0.250. The average molecular weight is 292 g/mol. The molecule has 0 unspecified atom stereocenters. The monoisotopic (exact) mass is 292 g/mol. The number of hydrogen-bond donors (Lipinski definition) is 1. The minimum Gasteiger partial charge on any atom is -0.322 e. The first-order valence-corrected chi connectivity index (χ1v) is 10.5. The molecule has 3 heteroatoms. The molecule has 0 aromatic heterocycles. The standard InChI is InChI=1S/C17H26NOP/c1-12-10-13(2)15(14(3)11-12)18-16(19)17(8-7-9-17)20(4,5)6/h10-11H,7-9H2,1-6H3/p+1. The zero-order valence-corrected chi connectivity index (χ0v) is 14.5. The van der Waals surface area contributed by atoms with E-state index in [1.54, 1.807) is 0 Å². The van der Waals surface area contributed by atoms with Gasteiger partial charge in [-0.2, -0.15) is 0 Å². The molecule has 0 spiro atoms. The zero-order chi connectivity index (χ0) is 15.1. The second kappa shape index (κ2) is 5.15. The molecule has 0 saturated heterocycles. The molecular formula is C17H27NOP+. The number of benzene rings is 1. The van der Waals surface area contributed by atoms with Gasteiger partial charge in [0.25, 0.3) is 5.91 Å². The van der Waals surface area contributed by atoms with Crippen molar-refractivity contribution in [2.45, 2.75) is 45.2 Å². The highest BCUT2D eigenvalue weighted by atomic mass is 31.2. The molecule has 0 radical (unpaired) electrons. The predicted octanol–water partition coefficient (Wildman–Crippen LogP) is 4.38. The van der Waals surface area contributed by atoms with E-state index in [0.29, 0.717) is 0 Å². The zero-order valence-electron chi connectivity index (χ0n) is 13.6. The molecule has 1 aliphatic rings. The third kappa shape index (κ3) is 2.51. The number of carbonyl (C=O) groups excluding carboxylic acids is 1. The molecule has 1 N–H and O–H groups in total. The second-order valence-corrected chi connectivity index (χ2v) is 12.0. The van der Waals surface area contributed by atoms with Crippen molar-refractivity contribution in [3.8, 4) is 0 Å². The molecule has 1 saturated carbocycles. The van der Waals surface area contributed by atoms with Gasteiger partial charge >= 0.3 is 0 Å². The molecule has 20 heavy (non-hydrogen) atoms. The predicted molar refractivity (Wildman–Crippen MR) is 90.6 cm³/mol. The number of nitrogens with one attached hydrogen (secondary N) is 1. The largest absolute Gasteiger partial charge is 0.322 e. The van der Waals surface area contributed by atoms with Crippen LogP contribution in [-0.4, -0.2) is 31.1 Å². The fraction of sp³-hybridized carbons (Fsp3) is 0.588. The summed E-state index contributed by atoms with van der Waals surface area (Å²) < 4.78 is 0. The van der Waals surface area contributed by atoms with E-state index < -0.39 is 7.26 Å². The van der Waals surface area contributed by atoms with Crippen molar-refractivity contribution in [1.82, 2.24) is 0 Å². The molecule has 1 aliphatic carbocycles. The quantitative estimate of drug-likeness (QED) is 0.823. The number of rotatable bonds is 3. The molecule has 1 amide bonds. The van der Waals surface area contributed by atoms with Gasteiger partial charge in [-0.05, 0) is 51.2 Å². The SMILES string of the molecule is Cc1cc(C)c(NC(=O)C2([P+](C)(C)C)CCC2)c(C)c1. The Hall–Kier alpha value is -0.880. The lowest BCUT2D eigenvalue weighted by Crippen LogP contribution is -2.49. The maximum Gasteiger partial charge on any atom is 0.268 e. The maximum absolute atomic E-state index is 12.9. The molecular weight excluding hydrogens is 265 g/mol. The molecule has 1 fully saturated rings. The molecule has 1 aromatic rings. The topological polar surface area (TPSA) is 29.1 Å². The lowest BCUT2D eigenvalue weighted by molar-refractivity contribution is -0.120. The molecule has 0 heterocycles. The van der Waals surface area contributed by atoms with Crippen molar-refractivity contribution in [2.75, 3.05) is 25.3 Å². The number of carbonyl (C=O) groups is 1. The van der Waals surface area contributed by atoms with E-state index in [9.17, 15) is 4.79 Å². The lowest BCUT2D eigenvalue weighted by Gasteiger charge is -2.44. The van der Waals surface area contributed by atoms with Gasteiger partial charge in [-0.1, -0.05) is 17.7 Å². The summed E-state index contributed by atoms with van der Waals surface area (Å²) in [6.45, 7) is 13.1. The third-order valence-corrected chi connectivity index (χ3v) is 8.02. The van der Waals surface area contributed by atoms with E-state index in [-0.39, 0.29) is 11.1 Å². The van der Waals surface area contributed by atoms with Crippen LogP contribution in [0.25, 0.3) is 0 Å². The van der Waals surface area contributed by atoms with Crippen LogP contribution < -0.4 is 5.32 Å². The van der Waals surface area contributed by atoms with Gasteiger partial charge in [-0.3, -0.25) is 4.79 Å². The smallest absolute Gasteiger partial charge is 0.268 e. The number of hydrogen-bond acceptors (Lipinski definition) is 1. The van der Waals surface area contributed by atoms with Gasteiger partial charge < -0.3 is 5.32 Å². The van der Waals surface area contributed by atoms with E-state index in [2.05, 4.69) is 58.2 Å². The third-order valence-electron chi connectivity index (χ3n) is 4.80. The first-order valence-electron chi connectivity index (χ1n) is 7.38. The number of amides is 1. The Balaban J connectivity index is 2.29. The van der Waals surface area contributed by atoms with Crippen LogP contribution in [0.1, 0.15) is 36.0 Å². The number of anilines is 1. The van der Waals surface area contributed by atoms with Crippen LogP contribution in [0.4, 0.5) is 5.69 Å². The van der Waals surface area contributed by atoms with Crippen molar-refractivity contribution >= 4 is 18.9 Å². The van der Waals surface area contributed by atoms with Gasteiger partial charge in [-0.15, -0.1) is 0 Å². The highest BCUT2D eigenvalue weighted by Gasteiger charge is 2.58. The molecule has 0 aliphatic heterocycles.